The first-order valence-corrected chi connectivity index (χ1v) is 9.00. The third-order valence-electron chi connectivity index (χ3n) is 4.00. The molecule has 144 valence electrons. The van der Waals surface area contributed by atoms with Gasteiger partial charge in [0.05, 0.1) is 19.3 Å². The number of furan rings is 1. The Morgan fingerprint density at radius 2 is 1.96 bits per heavy atom. The van der Waals surface area contributed by atoms with Gasteiger partial charge in [-0.25, -0.2) is 0 Å². The van der Waals surface area contributed by atoms with Crippen molar-refractivity contribution in [2.75, 3.05) is 45.9 Å². The minimum absolute atomic E-state index is 0. The highest BCUT2D eigenvalue weighted by atomic mass is 127. The summed E-state index contributed by atoms with van der Waals surface area (Å²) in [4.78, 5) is 7.07. The lowest BCUT2D eigenvalue weighted by Gasteiger charge is -2.33. The maximum Gasteiger partial charge on any atom is 0.191 e. The minimum Gasteiger partial charge on any atom is -0.465 e. The Morgan fingerprint density at radius 3 is 2.52 bits per heavy atom. The highest BCUT2D eigenvalue weighted by Crippen LogP contribution is 2.23. The molecule has 1 fully saturated rings. The third kappa shape index (κ3) is 7.53. The Labute approximate surface area is 168 Å². The van der Waals surface area contributed by atoms with E-state index in [4.69, 9.17) is 9.15 Å². The molecule has 1 aromatic rings. The van der Waals surface area contributed by atoms with E-state index >= 15 is 0 Å². The molecule has 6 nitrogen and oxygen atoms in total. The Balaban J connectivity index is 0.00000312. The fourth-order valence-electron chi connectivity index (χ4n) is 2.74. The Morgan fingerprint density at radius 1 is 1.24 bits per heavy atom. The van der Waals surface area contributed by atoms with Crippen LogP contribution in [0, 0.1) is 12.8 Å². The first kappa shape index (κ1) is 22.2. The molecule has 25 heavy (non-hydrogen) atoms. The molecule has 0 bridgehead atoms. The summed E-state index contributed by atoms with van der Waals surface area (Å²) in [6.07, 6.45) is 0. The van der Waals surface area contributed by atoms with Crippen LogP contribution in [0.1, 0.15) is 38.3 Å². The molecule has 1 aliphatic rings. The van der Waals surface area contributed by atoms with E-state index in [1.807, 2.05) is 13.0 Å². The molecule has 0 amide bonds. The van der Waals surface area contributed by atoms with Crippen LogP contribution in [0.2, 0.25) is 0 Å². The summed E-state index contributed by atoms with van der Waals surface area (Å²) in [7, 11) is 0. The summed E-state index contributed by atoms with van der Waals surface area (Å²) >= 11 is 0. The molecule has 1 aromatic heterocycles. The molecule has 0 spiro atoms. The molecule has 1 atom stereocenters. The zero-order valence-electron chi connectivity index (χ0n) is 15.9. The summed E-state index contributed by atoms with van der Waals surface area (Å²) in [5.74, 6) is 3.36. The van der Waals surface area contributed by atoms with Crippen LogP contribution in [0.25, 0.3) is 0 Å². The lowest BCUT2D eigenvalue weighted by Crippen LogP contribution is -2.46. The van der Waals surface area contributed by atoms with E-state index in [0.717, 1.165) is 63.4 Å². The predicted molar refractivity (Wildman–Crippen MR) is 113 cm³/mol. The van der Waals surface area contributed by atoms with E-state index in [9.17, 15) is 0 Å². The van der Waals surface area contributed by atoms with Gasteiger partial charge in [0.1, 0.15) is 11.5 Å². The molecule has 0 aliphatic carbocycles. The van der Waals surface area contributed by atoms with Crippen LogP contribution in [0.15, 0.2) is 21.5 Å². The van der Waals surface area contributed by atoms with Crippen molar-refractivity contribution in [1.82, 2.24) is 15.5 Å². The van der Waals surface area contributed by atoms with Gasteiger partial charge in [-0.3, -0.25) is 9.89 Å². The number of hydrogen-bond donors (Lipinski definition) is 2. The van der Waals surface area contributed by atoms with Gasteiger partial charge in [0.15, 0.2) is 5.96 Å². The molecular formula is C18H33IN4O2. The van der Waals surface area contributed by atoms with E-state index in [-0.39, 0.29) is 30.0 Å². The SMILES string of the molecule is CCNC(=NCC(C)C)NCC(c1ccc(C)o1)N1CCOCC1.I. The number of aryl methyl sites for hydroxylation is 1. The molecule has 0 aromatic carbocycles. The number of nitrogens with one attached hydrogen (secondary N) is 2. The first-order valence-electron chi connectivity index (χ1n) is 9.00. The van der Waals surface area contributed by atoms with Crippen molar-refractivity contribution in [1.29, 1.82) is 0 Å². The van der Waals surface area contributed by atoms with Crippen molar-refractivity contribution >= 4 is 29.9 Å². The van der Waals surface area contributed by atoms with Crippen molar-refractivity contribution in [3.05, 3.63) is 23.7 Å². The first-order chi connectivity index (χ1) is 11.6. The number of ether oxygens (including phenoxy) is 1. The zero-order chi connectivity index (χ0) is 17.4. The van der Waals surface area contributed by atoms with Gasteiger partial charge in [-0.05, 0) is 31.9 Å². The van der Waals surface area contributed by atoms with Crippen molar-refractivity contribution in [3.63, 3.8) is 0 Å². The van der Waals surface area contributed by atoms with E-state index in [0.29, 0.717) is 5.92 Å². The average molecular weight is 464 g/mol. The van der Waals surface area contributed by atoms with Crippen LogP contribution in [-0.4, -0.2) is 56.8 Å². The number of halogens is 1. The largest absolute Gasteiger partial charge is 0.465 e. The van der Waals surface area contributed by atoms with Gasteiger partial charge in [-0.2, -0.15) is 0 Å². The fraction of sp³-hybridized carbons (Fsp3) is 0.722. The van der Waals surface area contributed by atoms with Gasteiger partial charge < -0.3 is 19.8 Å². The van der Waals surface area contributed by atoms with E-state index in [2.05, 4.69) is 47.4 Å². The number of hydrogen-bond acceptors (Lipinski definition) is 4. The standard InChI is InChI=1S/C18H32N4O2.HI/c1-5-19-18(20-12-14(2)3)21-13-16(17-7-6-15(4)24-17)22-8-10-23-11-9-22;/h6-7,14,16H,5,8-13H2,1-4H3,(H2,19,20,21);1H. The van der Waals surface area contributed by atoms with Gasteiger partial charge in [0.25, 0.3) is 0 Å². The smallest absolute Gasteiger partial charge is 0.191 e. The van der Waals surface area contributed by atoms with Gasteiger partial charge in [0.2, 0.25) is 0 Å². The Bertz CT molecular complexity index is 513. The molecule has 2 heterocycles. The quantitative estimate of drug-likeness (QED) is 0.369. The normalized spacial score (nSPS) is 17.2. The van der Waals surface area contributed by atoms with Crippen LogP contribution < -0.4 is 10.6 Å². The van der Waals surface area contributed by atoms with Crippen LogP contribution in [0.3, 0.4) is 0 Å². The molecule has 1 aliphatic heterocycles. The number of nitrogens with zero attached hydrogens (tertiary/aromatic N) is 2. The number of aliphatic imine (C=N–C) groups is 1. The predicted octanol–water partition coefficient (Wildman–Crippen LogP) is 2.79. The maximum absolute atomic E-state index is 5.91. The van der Waals surface area contributed by atoms with Crippen LogP contribution in [0.4, 0.5) is 0 Å². The molecular weight excluding hydrogens is 431 g/mol. The molecule has 0 saturated carbocycles. The minimum atomic E-state index is 0. The van der Waals surface area contributed by atoms with Gasteiger partial charge >= 0.3 is 0 Å². The third-order valence-corrected chi connectivity index (χ3v) is 4.00. The monoisotopic (exact) mass is 464 g/mol. The van der Waals surface area contributed by atoms with Crippen LogP contribution in [-0.2, 0) is 4.74 Å². The lowest BCUT2D eigenvalue weighted by molar-refractivity contribution is 0.0124. The number of rotatable bonds is 7. The summed E-state index contributed by atoms with van der Waals surface area (Å²) in [6, 6.07) is 4.29. The second kappa shape index (κ2) is 11.7. The molecule has 0 radical (unpaired) electrons. The summed E-state index contributed by atoms with van der Waals surface area (Å²) in [5, 5.41) is 6.80. The van der Waals surface area contributed by atoms with Gasteiger partial charge in [-0.15, -0.1) is 24.0 Å². The van der Waals surface area contributed by atoms with Gasteiger partial charge in [-0.1, -0.05) is 13.8 Å². The number of morpholine rings is 1. The Hall–Kier alpha value is -0.800. The zero-order valence-corrected chi connectivity index (χ0v) is 18.2. The van der Waals surface area contributed by atoms with E-state index in [1.165, 1.54) is 0 Å². The summed E-state index contributed by atoms with van der Waals surface area (Å²) in [6.45, 7) is 14.3. The second-order valence-corrected chi connectivity index (χ2v) is 6.61. The summed E-state index contributed by atoms with van der Waals surface area (Å²) in [5.41, 5.74) is 0. The molecule has 2 rings (SSSR count). The van der Waals surface area contributed by atoms with Crippen molar-refractivity contribution < 1.29 is 9.15 Å². The maximum atomic E-state index is 5.91. The van der Waals surface area contributed by atoms with E-state index < -0.39 is 0 Å². The van der Waals surface area contributed by atoms with E-state index in [1.54, 1.807) is 0 Å². The van der Waals surface area contributed by atoms with Crippen molar-refractivity contribution in [2.24, 2.45) is 10.9 Å². The van der Waals surface area contributed by atoms with Crippen molar-refractivity contribution in [3.8, 4) is 0 Å². The summed E-state index contributed by atoms with van der Waals surface area (Å²) < 4.78 is 11.4. The molecule has 1 unspecified atom stereocenters. The lowest BCUT2D eigenvalue weighted by atomic mass is 10.1. The Kier molecular flexibility index (Phi) is 10.4. The molecule has 7 heteroatoms. The second-order valence-electron chi connectivity index (χ2n) is 6.61. The fourth-order valence-corrected chi connectivity index (χ4v) is 2.74. The highest BCUT2D eigenvalue weighted by molar-refractivity contribution is 14.0. The number of guanidine groups is 1. The van der Waals surface area contributed by atoms with Gasteiger partial charge in [0, 0.05) is 32.7 Å². The highest BCUT2D eigenvalue weighted by Gasteiger charge is 2.25. The van der Waals surface area contributed by atoms with Crippen LogP contribution >= 0.6 is 24.0 Å². The molecule has 2 N–H and O–H groups in total. The van der Waals surface area contributed by atoms with Crippen molar-refractivity contribution in [2.45, 2.75) is 33.7 Å². The molecule has 1 saturated heterocycles. The van der Waals surface area contributed by atoms with Crippen LogP contribution in [0.5, 0.6) is 0 Å². The average Bonchev–Trinajstić information content (AvgIpc) is 3.00. The topological polar surface area (TPSA) is 62.0 Å².